The number of hydrazone groups is 1. The number of nitrogens with one attached hydrogen (secondary N) is 1. The highest BCUT2D eigenvalue weighted by atomic mass is 32.2. The molecule has 7 nitrogen and oxygen atoms in total. The first kappa shape index (κ1) is 22.0. The summed E-state index contributed by atoms with van der Waals surface area (Å²) in [6, 6.07) is 22.2. The van der Waals surface area contributed by atoms with E-state index in [0.717, 1.165) is 22.9 Å². The van der Waals surface area contributed by atoms with Gasteiger partial charge in [0.2, 0.25) is 10.0 Å². The van der Waals surface area contributed by atoms with Crippen molar-refractivity contribution in [1.82, 2.24) is 4.41 Å². The summed E-state index contributed by atoms with van der Waals surface area (Å²) < 4.78 is 53.3. The standard InChI is InChI=1S/C23H23N3O4S2/c1-17-8-10-19(11-9-17)23-16-22(18-12-14-20(15-13-18)25-31(2,27)28)24-26(23)32(29,30)21-6-4-3-5-7-21/h3-15,23,25H,16H2,1-2H3/t23-/m0/s1. The lowest BCUT2D eigenvalue weighted by molar-refractivity contribution is 0.371. The summed E-state index contributed by atoms with van der Waals surface area (Å²) in [7, 11) is -7.25. The van der Waals surface area contributed by atoms with Crippen LogP contribution in [0.2, 0.25) is 0 Å². The SMILES string of the molecule is Cc1ccc([C@@H]2CC(c3ccc(NS(C)(=O)=O)cc3)=NN2S(=O)(=O)c2ccccc2)cc1. The first-order valence-corrected chi connectivity index (χ1v) is 13.3. The van der Waals surface area contributed by atoms with Gasteiger partial charge in [0.05, 0.1) is 22.9 Å². The van der Waals surface area contributed by atoms with Crippen LogP contribution in [-0.2, 0) is 20.0 Å². The molecule has 3 aromatic rings. The summed E-state index contributed by atoms with van der Waals surface area (Å²) in [4.78, 5) is 0.176. The van der Waals surface area contributed by atoms with E-state index >= 15 is 0 Å². The fraction of sp³-hybridized carbons (Fsp3) is 0.174. The summed E-state index contributed by atoms with van der Waals surface area (Å²) in [6.07, 6.45) is 1.48. The third kappa shape index (κ3) is 4.68. The fourth-order valence-electron chi connectivity index (χ4n) is 3.57. The van der Waals surface area contributed by atoms with Crippen LogP contribution >= 0.6 is 0 Å². The first-order valence-electron chi connectivity index (χ1n) is 9.95. The van der Waals surface area contributed by atoms with Crippen molar-refractivity contribution in [1.29, 1.82) is 0 Å². The molecular formula is C23H23N3O4S2. The van der Waals surface area contributed by atoms with Crippen LogP contribution in [-0.4, -0.2) is 33.2 Å². The Hall–Kier alpha value is -3.17. The minimum Gasteiger partial charge on any atom is -0.284 e. The van der Waals surface area contributed by atoms with E-state index in [1.165, 1.54) is 4.41 Å². The molecule has 0 unspecified atom stereocenters. The maximum Gasteiger partial charge on any atom is 0.279 e. The van der Waals surface area contributed by atoms with E-state index in [2.05, 4.69) is 9.82 Å². The van der Waals surface area contributed by atoms with E-state index in [4.69, 9.17) is 0 Å². The van der Waals surface area contributed by atoms with E-state index < -0.39 is 26.1 Å². The van der Waals surface area contributed by atoms with Crippen molar-refractivity contribution in [2.75, 3.05) is 11.0 Å². The smallest absolute Gasteiger partial charge is 0.279 e. The Kier molecular flexibility index (Phi) is 5.79. The normalized spacial score (nSPS) is 16.6. The lowest BCUT2D eigenvalue weighted by atomic mass is 9.98. The molecule has 0 radical (unpaired) electrons. The summed E-state index contributed by atoms with van der Waals surface area (Å²) in [5.74, 6) is 0. The van der Waals surface area contributed by atoms with E-state index in [0.29, 0.717) is 17.8 Å². The second-order valence-corrected chi connectivity index (χ2v) is 11.3. The number of sulfonamides is 2. The van der Waals surface area contributed by atoms with Crippen molar-refractivity contribution in [3.8, 4) is 0 Å². The van der Waals surface area contributed by atoms with Crippen molar-refractivity contribution in [3.63, 3.8) is 0 Å². The second kappa shape index (κ2) is 8.40. The topological polar surface area (TPSA) is 95.9 Å². The predicted molar refractivity (Wildman–Crippen MR) is 125 cm³/mol. The van der Waals surface area contributed by atoms with Gasteiger partial charge in [0, 0.05) is 12.1 Å². The molecule has 0 fully saturated rings. The molecule has 0 saturated carbocycles. The highest BCUT2D eigenvalue weighted by molar-refractivity contribution is 7.92. The van der Waals surface area contributed by atoms with Gasteiger partial charge in [-0.1, -0.05) is 60.2 Å². The molecule has 166 valence electrons. The lowest BCUT2D eigenvalue weighted by Gasteiger charge is -2.23. The van der Waals surface area contributed by atoms with E-state index in [-0.39, 0.29) is 4.90 Å². The predicted octanol–water partition coefficient (Wildman–Crippen LogP) is 3.91. The van der Waals surface area contributed by atoms with E-state index in [1.54, 1.807) is 54.6 Å². The Morgan fingerprint density at radius 1 is 0.875 bits per heavy atom. The van der Waals surface area contributed by atoms with Gasteiger partial charge in [0.1, 0.15) is 0 Å². The van der Waals surface area contributed by atoms with Gasteiger partial charge in [-0.2, -0.15) is 17.9 Å². The highest BCUT2D eigenvalue weighted by Crippen LogP contribution is 2.37. The van der Waals surface area contributed by atoms with Crippen LogP contribution in [0.5, 0.6) is 0 Å². The molecule has 9 heteroatoms. The quantitative estimate of drug-likeness (QED) is 0.592. The maximum atomic E-state index is 13.4. The largest absolute Gasteiger partial charge is 0.284 e. The van der Waals surface area contributed by atoms with Gasteiger partial charge in [-0.3, -0.25) is 4.72 Å². The molecule has 1 aliphatic heterocycles. The van der Waals surface area contributed by atoms with Crippen molar-refractivity contribution in [2.45, 2.75) is 24.3 Å². The molecule has 32 heavy (non-hydrogen) atoms. The maximum absolute atomic E-state index is 13.4. The van der Waals surface area contributed by atoms with Crippen LogP contribution in [0.25, 0.3) is 0 Å². The third-order valence-corrected chi connectivity index (χ3v) is 7.45. The average molecular weight is 470 g/mol. The Morgan fingerprint density at radius 3 is 2.09 bits per heavy atom. The Balaban J connectivity index is 1.73. The van der Waals surface area contributed by atoms with Gasteiger partial charge in [-0.15, -0.1) is 0 Å². The fourth-order valence-corrected chi connectivity index (χ4v) is 5.59. The van der Waals surface area contributed by atoms with Gasteiger partial charge < -0.3 is 0 Å². The van der Waals surface area contributed by atoms with Crippen molar-refractivity contribution < 1.29 is 16.8 Å². The van der Waals surface area contributed by atoms with Crippen LogP contribution in [0.1, 0.15) is 29.2 Å². The van der Waals surface area contributed by atoms with Crippen molar-refractivity contribution in [3.05, 3.63) is 95.6 Å². The number of anilines is 1. The van der Waals surface area contributed by atoms with Crippen molar-refractivity contribution in [2.24, 2.45) is 5.10 Å². The number of aryl methyl sites for hydroxylation is 1. The molecule has 0 spiro atoms. The molecule has 4 rings (SSSR count). The number of rotatable bonds is 6. The van der Waals surface area contributed by atoms with Crippen molar-refractivity contribution >= 4 is 31.4 Å². The summed E-state index contributed by atoms with van der Waals surface area (Å²) in [6.45, 7) is 1.98. The minimum absolute atomic E-state index is 0.176. The number of hydrogen-bond acceptors (Lipinski definition) is 5. The number of benzene rings is 3. The van der Waals surface area contributed by atoms with E-state index in [1.807, 2.05) is 31.2 Å². The third-order valence-electron chi connectivity index (χ3n) is 5.14. The van der Waals surface area contributed by atoms with Gasteiger partial charge >= 0.3 is 0 Å². The number of nitrogens with zero attached hydrogens (tertiary/aromatic N) is 2. The Morgan fingerprint density at radius 2 is 1.50 bits per heavy atom. The molecule has 1 N–H and O–H groups in total. The van der Waals surface area contributed by atoms with Crippen LogP contribution < -0.4 is 4.72 Å². The zero-order chi connectivity index (χ0) is 22.9. The average Bonchev–Trinajstić information content (AvgIpc) is 3.21. The highest BCUT2D eigenvalue weighted by Gasteiger charge is 2.37. The minimum atomic E-state index is -3.87. The summed E-state index contributed by atoms with van der Waals surface area (Å²) >= 11 is 0. The van der Waals surface area contributed by atoms with E-state index in [9.17, 15) is 16.8 Å². The van der Waals surface area contributed by atoms with Crippen LogP contribution in [0, 0.1) is 6.92 Å². The van der Waals surface area contributed by atoms with Gasteiger partial charge in [-0.05, 0) is 42.3 Å². The van der Waals surface area contributed by atoms with Crippen LogP contribution in [0.4, 0.5) is 5.69 Å². The molecule has 1 heterocycles. The molecule has 0 bridgehead atoms. The molecule has 1 aliphatic rings. The van der Waals surface area contributed by atoms with Gasteiger partial charge in [-0.25, -0.2) is 8.42 Å². The summed E-state index contributed by atoms with van der Waals surface area (Å²) in [5.41, 5.74) is 3.70. The number of hydrogen-bond donors (Lipinski definition) is 1. The first-order chi connectivity index (χ1) is 15.1. The zero-order valence-corrected chi connectivity index (χ0v) is 19.3. The molecule has 0 saturated heterocycles. The van der Waals surface area contributed by atoms with Gasteiger partial charge in [0.25, 0.3) is 10.0 Å². The monoisotopic (exact) mass is 469 g/mol. The Labute approximate surface area is 188 Å². The van der Waals surface area contributed by atoms with Crippen LogP contribution in [0.3, 0.4) is 0 Å². The zero-order valence-electron chi connectivity index (χ0n) is 17.6. The summed E-state index contributed by atoms with van der Waals surface area (Å²) in [5, 5.41) is 4.51. The Bertz CT molecular complexity index is 1350. The lowest BCUT2D eigenvalue weighted by Crippen LogP contribution is -2.27. The molecule has 1 atom stereocenters. The molecule has 3 aromatic carbocycles. The van der Waals surface area contributed by atoms with Gasteiger partial charge in [0.15, 0.2) is 0 Å². The molecule has 0 amide bonds. The molecule has 0 aromatic heterocycles. The van der Waals surface area contributed by atoms with Crippen LogP contribution in [0.15, 0.2) is 88.9 Å². The second-order valence-electron chi connectivity index (χ2n) is 7.72. The molecule has 0 aliphatic carbocycles. The molecular weight excluding hydrogens is 446 g/mol.